The minimum absolute atomic E-state index is 0.163. The highest BCUT2D eigenvalue weighted by atomic mass is 16.5. The lowest BCUT2D eigenvalue weighted by Crippen LogP contribution is -2.49. The first-order chi connectivity index (χ1) is 12.7. The summed E-state index contributed by atoms with van der Waals surface area (Å²) in [5.74, 6) is 1.97. The minimum Gasteiger partial charge on any atom is -0.493 e. The van der Waals surface area contributed by atoms with Crippen LogP contribution < -0.4 is 9.64 Å². The van der Waals surface area contributed by atoms with E-state index in [-0.39, 0.29) is 5.91 Å². The fourth-order valence-corrected chi connectivity index (χ4v) is 3.46. The van der Waals surface area contributed by atoms with Gasteiger partial charge in [-0.3, -0.25) is 4.79 Å². The lowest BCUT2D eigenvalue weighted by molar-refractivity contribution is -0.130. The third kappa shape index (κ3) is 3.33. The van der Waals surface area contributed by atoms with Crippen LogP contribution in [0.1, 0.15) is 16.7 Å². The molecular formula is C20H20N4O2. The summed E-state index contributed by atoms with van der Waals surface area (Å²) in [4.78, 5) is 21.0. The van der Waals surface area contributed by atoms with Gasteiger partial charge in [0.05, 0.1) is 18.6 Å². The fraction of sp³-hybridized carbons (Fsp3) is 0.350. The number of piperazine rings is 1. The van der Waals surface area contributed by atoms with Gasteiger partial charge in [0.2, 0.25) is 5.91 Å². The quantitative estimate of drug-likeness (QED) is 0.846. The third-order valence-corrected chi connectivity index (χ3v) is 4.94. The number of nitriles is 1. The molecule has 0 N–H and O–H groups in total. The Hall–Kier alpha value is -3.07. The monoisotopic (exact) mass is 348 g/mol. The van der Waals surface area contributed by atoms with Crippen LogP contribution in [0.2, 0.25) is 0 Å². The van der Waals surface area contributed by atoms with Gasteiger partial charge in [0.25, 0.3) is 0 Å². The molecule has 26 heavy (non-hydrogen) atoms. The molecule has 0 radical (unpaired) electrons. The Balaban J connectivity index is 1.34. The van der Waals surface area contributed by atoms with Gasteiger partial charge in [-0.1, -0.05) is 12.1 Å². The highest BCUT2D eigenvalue weighted by molar-refractivity contribution is 5.79. The second kappa shape index (κ2) is 7.04. The van der Waals surface area contributed by atoms with Gasteiger partial charge in [0.15, 0.2) is 0 Å². The maximum Gasteiger partial charge on any atom is 0.227 e. The van der Waals surface area contributed by atoms with Crippen molar-refractivity contribution in [1.82, 2.24) is 9.88 Å². The number of aromatic nitrogens is 1. The number of amides is 1. The third-order valence-electron chi connectivity index (χ3n) is 4.94. The second-order valence-corrected chi connectivity index (χ2v) is 6.60. The van der Waals surface area contributed by atoms with Gasteiger partial charge >= 0.3 is 0 Å². The maximum atomic E-state index is 12.6. The molecule has 0 bridgehead atoms. The molecule has 2 aliphatic rings. The standard InChI is InChI=1S/C20H20N4O2/c21-13-16-2-4-19(22-14-16)23-6-8-24(9-7-23)20(25)12-15-1-3-18-17(11-15)5-10-26-18/h1-4,11,14H,5-10,12H2. The molecule has 0 saturated carbocycles. The van der Waals surface area contributed by atoms with Gasteiger partial charge in [0, 0.05) is 38.8 Å². The van der Waals surface area contributed by atoms with E-state index in [2.05, 4.69) is 22.0 Å². The van der Waals surface area contributed by atoms with E-state index in [4.69, 9.17) is 10.00 Å². The Bertz CT molecular complexity index is 849. The van der Waals surface area contributed by atoms with Crippen LogP contribution in [0.4, 0.5) is 5.82 Å². The SMILES string of the molecule is N#Cc1ccc(N2CCN(C(=O)Cc3ccc4c(c3)CCO4)CC2)nc1. The van der Waals surface area contributed by atoms with Crippen molar-refractivity contribution in [3.63, 3.8) is 0 Å². The average Bonchev–Trinajstić information content (AvgIpc) is 3.16. The Morgan fingerprint density at radius 1 is 1.19 bits per heavy atom. The van der Waals surface area contributed by atoms with Crippen molar-refractivity contribution in [3.05, 3.63) is 53.2 Å². The molecule has 1 aromatic carbocycles. The van der Waals surface area contributed by atoms with Gasteiger partial charge in [-0.25, -0.2) is 4.98 Å². The molecule has 0 atom stereocenters. The van der Waals surface area contributed by atoms with Crippen molar-refractivity contribution in [2.24, 2.45) is 0 Å². The molecular weight excluding hydrogens is 328 g/mol. The first-order valence-corrected chi connectivity index (χ1v) is 8.86. The smallest absolute Gasteiger partial charge is 0.227 e. The number of hydrogen-bond acceptors (Lipinski definition) is 5. The Morgan fingerprint density at radius 3 is 2.77 bits per heavy atom. The van der Waals surface area contributed by atoms with Gasteiger partial charge < -0.3 is 14.5 Å². The van der Waals surface area contributed by atoms with Crippen molar-refractivity contribution in [2.45, 2.75) is 12.8 Å². The van der Waals surface area contributed by atoms with Crippen LogP contribution in [0.15, 0.2) is 36.5 Å². The number of ether oxygens (including phenoxy) is 1. The fourth-order valence-electron chi connectivity index (χ4n) is 3.46. The summed E-state index contributed by atoms with van der Waals surface area (Å²) in [6.07, 6.45) is 2.94. The summed E-state index contributed by atoms with van der Waals surface area (Å²) in [5.41, 5.74) is 2.81. The molecule has 1 amide bonds. The van der Waals surface area contributed by atoms with Gasteiger partial charge in [-0.2, -0.15) is 5.26 Å². The summed E-state index contributed by atoms with van der Waals surface area (Å²) in [6, 6.07) is 11.8. The number of benzene rings is 1. The van der Waals surface area contributed by atoms with Crippen LogP contribution in [0.3, 0.4) is 0 Å². The molecule has 3 heterocycles. The lowest BCUT2D eigenvalue weighted by Gasteiger charge is -2.35. The molecule has 1 fully saturated rings. The van der Waals surface area contributed by atoms with E-state index in [9.17, 15) is 4.79 Å². The molecule has 0 spiro atoms. The van der Waals surface area contributed by atoms with Crippen molar-refractivity contribution in [2.75, 3.05) is 37.7 Å². The number of rotatable bonds is 3. The highest BCUT2D eigenvalue weighted by Gasteiger charge is 2.22. The van der Waals surface area contributed by atoms with Crippen LogP contribution >= 0.6 is 0 Å². The first kappa shape index (κ1) is 16.4. The number of fused-ring (bicyclic) bond motifs is 1. The molecule has 1 aromatic heterocycles. The van der Waals surface area contributed by atoms with Crippen molar-refractivity contribution < 1.29 is 9.53 Å². The van der Waals surface area contributed by atoms with Crippen LogP contribution in [-0.2, 0) is 17.6 Å². The number of carbonyl (C=O) groups is 1. The first-order valence-electron chi connectivity index (χ1n) is 8.86. The van der Waals surface area contributed by atoms with Crippen molar-refractivity contribution in [1.29, 1.82) is 5.26 Å². The summed E-state index contributed by atoms with van der Waals surface area (Å²) >= 11 is 0. The molecule has 2 aromatic rings. The predicted octanol–water partition coefficient (Wildman–Crippen LogP) is 1.78. The number of anilines is 1. The van der Waals surface area contributed by atoms with Crippen molar-refractivity contribution in [3.8, 4) is 11.8 Å². The predicted molar refractivity (Wildman–Crippen MR) is 97.1 cm³/mol. The van der Waals surface area contributed by atoms with Crippen LogP contribution in [0.25, 0.3) is 0 Å². The topological polar surface area (TPSA) is 69.5 Å². The molecule has 1 saturated heterocycles. The van der Waals surface area contributed by atoms with Gasteiger partial charge in [0.1, 0.15) is 17.6 Å². The van der Waals surface area contributed by atoms with Gasteiger partial charge in [-0.05, 0) is 29.3 Å². The van der Waals surface area contributed by atoms with E-state index in [1.165, 1.54) is 5.56 Å². The van der Waals surface area contributed by atoms with E-state index >= 15 is 0 Å². The largest absolute Gasteiger partial charge is 0.493 e. The molecule has 0 aliphatic carbocycles. The Kier molecular flexibility index (Phi) is 4.44. The Labute approximate surface area is 152 Å². The molecule has 6 nitrogen and oxygen atoms in total. The van der Waals surface area contributed by atoms with Crippen LogP contribution in [-0.4, -0.2) is 48.6 Å². The molecule has 2 aliphatic heterocycles. The minimum atomic E-state index is 0.163. The summed E-state index contributed by atoms with van der Waals surface area (Å²) < 4.78 is 5.52. The van der Waals surface area contributed by atoms with E-state index in [1.807, 2.05) is 23.1 Å². The summed E-state index contributed by atoms with van der Waals surface area (Å²) in [6.45, 7) is 3.62. The van der Waals surface area contributed by atoms with Crippen LogP contribution in [0.5, 0.6) is 5.75 Å². The van der Waals surface area contributed by atoms with E-state index in [0.717, 1.165) is 43.2 Å². The van der Waals surface area contributed by atoms with E-state index in [1.54, 1.807) is 12.3 Å². The molecule has 0 unspecified atom stereocenters. The highest BCUT2D eigenvalue weighted by Crippen LogP contribution is 2.26. The summed E-state index contributed by atoms with van der Waals surface area (Å²) in [7, 11) is 0. The van der Waals surface area contributed by atoms with Gasteiger partial charge in [-0.15, -0.1) is 0 Å². The zero-order valence-corrected chi connectivity index (χ0v) is 14.5. The number of pyridine rings is 1. The Morgan fingerprint density at radius 2 is 2.04 bits per heavy atom. The number of nitrogens with zero attached hydrogens (tertiary/aromatic N) is 4. The maximum absolute atomic E-state index is 12.6. The second-order valence-electron chi connectivity index (χ2n) is 6.60. The molecule has 4 rings (SSSR count). The summed E-state index contributed by atoms with van der Waals surface area (Å²) in [5, 5.41) is 8.85. The lowest BCUT2D eigenvalue weighted by atomic mass is 10.1. The number of carbonyl (C=O) groups excluding carboxylic acids is 1. The zero-order chi connectivity index (χ0) is 17.9. The molecule has 132 valence electrons. The van der Waals surface area contributed by atoms with E-state index < -0.39 is 0 Å². The average molecular weight is 348 g/mol. The van der Waals surface area contributed by atoms with Crippen molar-refractivity contribution >= 4 is 11.7 Å². The normalized spacial score (nSPS) is 16.0. The number of hydrogen-bond donors (Lipinski definition) is 0. The van der Waals surface area contributed by atoms with E-state index in [0.29, 0.717) is 25.1 Å². The zero-order valence-electron chi connectivity index (χ0n) is 14.5. The molecule has 6 heteroatoms. The van der Waals surface area contributed by atoms with Crippen LogP contribution in [0, 0.1) is 11.3 Å².